The number of methoxy groups -OCH3 is 1. The summed E-state index contributed by atoms with van der Waals surface area (Å²) in [6.45, 7) is 0.790. The molecule has 174 valence electrons. The van der Waals surface area contributed by atoms with Gasteiger partial charge in [-0.3, -0.25) is 14.7 Å². The molecule has 1 aromatic heterocycles. The zero-order chi connectivity index (χ0) is 23.5. The van der Waals surface area contributed by atoms with E-state index >= 15 is 0 Å². The van der Waals surface area contributed by atoms with Crippen LogP contribution in [0.3, 0.4) is 0 Å². The number of carbonyl (C=O) groups is 2. The number of esters is 1. The minimum Gasteiger partial charge on any atom is -0.480 e. The number of aliphatic carboxylic acids is 1. The van der Waals surface area contributed by atoms with Gasteiger partial charge in [-0.2, -0.15) is 0 Å². The van der Waals surface area contributed by atoms with Gasteiger partial charge in [0.25, 0.3) is 0 Å². The monoisotopic (exact) mass is 538 g/mol. The van der Waals surface area contributed by atoms with E-state index in [1.165, 1.54) is 24.5 Å². The minimum atomic E-state index is -1.03. The van der Waals surface area contributed by atoms with E-state index in [4.69, 9.17) is 9.47 Å². The Kier molecular flexibility index (Phi) is 7.17. The molecule has 2 N–H and O–H groups in total. The Bertz CT molecular complexity index is 1120. The number of thiazole rings is 1. The fraction of sp³-hybridized carbons (Fsp3) is 0.333. The molecule has 1 aromatic carbocycles. The predicted molar refractivity (Wildman–Crippen MR) is 121 cm³/mol. The van der Waals surface area contributed by atoms with Crippen LogP contribution in [0.2, 0.25) is 0 Å². The summed E-state index contributed by atoms with van der Waals surface area (Å²) in [6.07, 6.45) is 1.61. The number of aromatic nitrogens is 1. The smallest absolute Gasteiger partial charge is 0.338 e. The van der Waals surface area contributed by atoms with E-state index < -0.39 is 29.8 Å². The van der Waals surface area contributed by atoms with Crippen molar-refractivity contribution in [3.63, 3.8) is 0 Å². The molecule has 2 atom stereocenters. The lowest BCUT2D eigenvalue weighted by Gasteiger charge is -2.35. The molecule has 33 heavy (non-hydrogen) atoms. The van der Waals surface area contributed by atoms with E-state index in [2.05, 4.69) is 31.2 Å². The van der Waals surface area contributed by atoms with Crippen molar-refractivity contribution in [2.45, 2.75) is 12.1 Å². The highest BCUT2D eigenvalue weighted by molar-refractivity contribution is 9.10. The summed E-state index contributed by atoms with van der Waals surface area (Å²) in [5.41, 5.74) is 0.667. The number of morpholine rings is 1. The molecule has 2 aliphatic heterocycles. The molecule has 0 saturated carbocycles. The van der Waals surface area contributed by atoms with Crippen LogP contribution >= 0.6 is 27.3 Å². The average molecular weight is 539 g/mol. The van der Waals surface area contributed by atoms with Gasteiger partial charge in [0.2, 0.25) is 0 Å². The number of halogens is 2. The van der Waals surface area contributed by atoms with Crippen LogP contribution in [0.1, 0.15) is 16.6 Å². The van der Waals surface area contributed by atoms with Crippen LogP contribution in [0.5, 0.6) is 0 Å². The van der Waals surface area contributed by atoms with Crippen LogP contribution in [-0.2, 0) is 19.1 Å². The van der Waals surface area contributed by atoms with Crippen molar-refractivity contribution in [1.29, 1.82) is 0 Å². The number of carboxylic acids is 1. The Morgan fingerprint density at radius 3 is 2.94 bits per heavy atom. The molecular formula is C21H20BrFN4O5S. The zero-order valence-electron chi connectivity index (χ0n) is 17.5. The molecular weight excluding hydrogens is 519 g/mol. The first-order valence-electron chi connectivity index (χ1n) is 9.94. The van der Waals surface area contributed by atoms with Gasteiger partial charge >= 0.3 is 11.9 Å². The van der Waals surface area contributed by atoms with E-state index in [9.17, 15) is 19.1 Å². The number of hydrogen-bond donors (Lipinski definition) is 2. The van der Waals surface area contributed by atoms with E-state index in [-0.39, 0.29) is 24.3 Å². The second-order valence-corrected chi connectivity index (χ2v) is 9.10. The first kappa shape index (κ1) is 23.5. The molecule has 0 amide bonds. The van der Waals surface area contributed by atoms with Gasteiger partial charge < -0.3 is 19.9 Å². The SMILES string of the molecule is COC(=O)C1=C(CN2CCOC[C@H]2C(=O)O)NC(c2nccs2)=N[C@H]1c1ccc(Br)cc1F. The van der Waals surface area contributed by atoms with Gasteiger partial charge in [0, 0.05) is 40.4 Å². The fourth-order valence-electron chi connectivity index (χ4n) is 3.73. The van der Waals surface area contributed by atoms with Gasteiger partial charge in [-0.25, -0.2) is 14.2 Å². The van der Waals surface area contributed by atoms with Crippen molar-refractivity contribution in [2.75, 3.05) is 33.4 Å². The maximum absolute atomic E-state index is 15.0. The highest BCUT2D eigenvalue weighted by Crippen LogP contribution is 2.35. The zero-order valence-corrected chi connectivity index (χ0v) is 19.9. The Hall–Kier alpha value is -2.67. The van der Waals surface area contributed by atoms with E-state index in [0.717, 1.165) is 0 Å². The molecule has 0 bridgehead atoms. The van der Waals surface area contributed by atoms with Gasteiger partial charge in [-0.05, 0) is 12.1 Å². The molecule has 3 heterocycles. The second-order valence-electron chi connectivity index (χ2n) is 7.29. The quantitative estimate of drug-likeness (QED) is 0.539. The summed E-state index contributed by atoms with van der Waals surface area (Å²) in [4.78, 5) is 35.2. The summed E-state index contributed by atoms with van der Waals surface area (Å²) in [5.74, 6) is -1.91. The number of nitrogens with zero attached hydrogens (tertiary/aromatic N) is 3. The van der Waals surface area contributed by atoms with Crippen molar-refractivity contribution in [2.24, 2.45) is 4.99 Å². The molecule has 2 aliphatic rings. The number of carboxylic acid groups (broad SMARTS) is 1. The summed E-state index contributed by atoms with van der Waals surface area (Å²) in [6, 6.07) is 2.61. The van der Waals surface area contributed by atoms with Gasteiger partial charge in [-0.1, -0.05) is 22.0 Å². The molecule has 1 fully saturated rings. The third-order valence-corrected chi connectivity index (χ3v) is 6.58. The summed E-state index contributed by atoms with van der Waals surface area (Å²) in [5, 5.41) is 15.1. The van der Waals surface area contributed by atoms with Crippen LogP contribution in [0.25, 0.3) is 0 Å². The van der Waals surface area contributed by atoms with Crippen molar-refractivity contribution in [1.82, 2.24) is 15.2 Å². The molecule has 0 radical (unpaired) electrons. The summed E-state index contributed by atoms with van der Waals surface area (Å²) >= 11 is 4.58. The van der Waals surface area contributed by atoms with Crippen molar-refractivity contribution < 1.29 is 28.6 Å². The molecule has 2 aromatic rings. The molecule has 0 unspecified atom stereocenters. The fourth-order valence-corrected chi connectivity index (χ4v) is 4.65. The average Bonchev–Trinajstić information content (AvgIpc) is 3.33. The topological polar surface area (TPSA) is 113 Å². The minimum absolute atomic E-state index is 0.0222. The van der Waals surface area contributed by atoms with E-state index in [1.54, 1.807) is 28.6 Å². The normalized spacial score (nSPS) is 21.4. The second kappa shape index (κ2) is 10.1. The van der Waals surface area contributed by atoms with Crippen LogP contribution in [0.15, 0.2) is 50.5 Å². The highest BCUT2D eigenvalue weighted by atomic mass is 79.9. The van der Waals surface area contributed by atoms with Crippen molar-refractivity contribution >= 4 is 45.0 Å². The van der Waals surface area contributed by atoms with Crippen molar-refractivity contribution in [3.05, 3.63) is 61.9 Å². The van der Waals surface area contributed by atoms with Gasteiger partial charge in [0.1, 0.15) is 17.9 Å². The maximum atomic E-state index is 15.0. The molecule has 0 aliphatic carbocycles. The third kappa shape index (κ3) is 4.98. The van der Waals surface area contributed by atoms with Gasteiger partial charge in [0.15, 0.2) is 10.8 Å². The van der Waals surface area contributed by atoms with Gasteiger partial charge in [0.05, 0.1) is 25.9 Å². The summed E-state index contributed by atoms with van der Waals surface area (Å²) in [7, 11) is 1.23. The van der Waals surface area contributed by atoms with Crippen LogP contribution in [0.4, 0.5) is 4.39 Å². The number of ether oxygens (including phenoxy) is 2. The van der Waals surface area contributed by atoms with Crippen LogP contribution in [-0.4, -0.2) is 72.2 Å². The van der Waals surface area contributed by atoms with Crippen molar-refractivity contribution in [3.8, 4) is 0 Å². The van der Waals surface area contributed by atoms with E-state index in [1.807, 2.05) is 0 Å². The number of benzene rings is 1. The first-order chi connectivity index (χ1) is 15.9. The standard InChI is InChI=1S/C21H20BrFN4O5S/c1-31-21(30)16-14(9-27-5-6-32-10-15(27)20(28)29)25-18(19-24-4-7-33-19)26-17(16)12-3-2-11(22)8-13(12)23/h2-4,7-8,15,17H,5-6,9-10H2,1H3,(H,25,26)(H,28,29)/t15-,17-/m0/s1. The number of amidine groups is 1. The molecule has 4 rings (SSSR count). The third-order valence-electron chi connectivity index (χ3n) is 5.31. The number of rotatable bonds is 6. The summed E-state index contributed by atoms with van der Waals surface area (Å²) < 4.78 is 25.9. The molecule has 0 spiro atoms. The lowest BCUT2D eigenvalue weighted by atomic mass is 9.94. The van der Waals surface area contributed by atoms with Crippen LogP contribution in [0, 0.1) is 5.82 Å². The lowest BCUT2D eigenvalue weighted by Crippen LogP contribution is -2.52. The largest absolute Gasteiger partial charge is 0.480 e. The lowest BCUT2D eigenvalue weighted by molar-refractivity contribution is -0.149. The first-order valence-corrected chi connectivity index (χ1v) is 11.6. The number of carbonyl (C=O) groups excluding carboxylic acids is 1. The Morgan fingerprint density at radius 2 is 2.27 bits per heavy atom. The number of nitrogens with one attached hydrogen (secondary N) is 1. The highest BCUT2D eigenvalue weighted by Gasteiger charge is 2.37. The molecule has 12 heteroatoms. The Balaban J connectivity index is 1.83. The molecule has 9 nitrogen and oxygen atoms in total. The number of hydrogen-bond acceptors (Lipinski definition) is 9. The van der Waals surface area contributed by atoms with Crippen LogP contribution < -0.4 is 5.32 Å². The Morgan fingerprint density at radius 1 is 1.45 bits per heavy atom. The molecule has 1 saturated heterocycles. The Labute approximate surface area is 201 Å². The van der Waals surface area contributed by atoms with Gasteiger partial charge in [-0.15, -0.1) is 11.3 Å². The predicted octanol–water partition coefficient (Wildman–Crippen LogP) is 2.35. The number of aliphatic imine (C=N–C) groups is 1. The maximum Gasteiger partial charge on any atom is 0.338 e. The van der Waals surface area contributed by atoms with E-state index in [0.29, 0.717) is 34.2 Å².